The first-order valence-corrected chi connectivity index (χ1v) is 9.13. The molecule has 3 aliphatic rings. The Kier molecular flexibility index (Phi) is 3.98. The molecular formula is C15H22N4O3S. The van der Waals surface area contributed by atoms with Crippen LogP contribution in [0.1, 0.15) is 19.3 Å². The second-order valence-corrected chi connectivity index (χ2v) is 7.69. The molecule has 23 heavy (non-hydrogen) atoms. The number of hydrogen-bond acceptors (Lipinski definition) is 7. The van der Waals surface area contributed by atoms with E-state index in [1.54, 1.807) is 5.51 Å². The summed E-state index contributed by atoms with van der Waals surface area (Å²) < 4.78 is 5.53. The maximum absolute atomic E-state index is 12.2. The van der Waals surface area contributed by atoms with Crippen molar-refractivity contribution in [1.29, 1.82) is 0 Å². The first kappa shape index (κ1) is 15.3. The van der Waals surface area contributed by atoms with Crippen LogP contribution in [0.3, 0.4) is 0 Å². The molecule has 7 nitrogen and oxygen atoms in total. The van der Waals surface area contributed by atoms with Crippen molar-refractivity contribution in [1.82, 2.24) is 15.1 Å². The molecule has 3 fully saturated rings. The van der Waals surface area contributed by atoms with Crippen LogP contribution in [-0.4, -0.2) is 71.6 Å². The zero-order chi connectivity index (χ0) is 15.9. The Morgan fingerprint density at radius 2 is 2.39 bits per heavy atom. The average molecular weight is 338 g/mol. The largest absolute Gasteiger partial charge is 0.481 e. The Hall–Kier alpha value is -1.25. The van der Waals surface area contributed by atoms with Crippen LogP contribution in [0.4, 0.5) is 5.13 Å². The van der Waals surface area contributed by atoms with Crippen molar-refractivity contribution in [3.8, 4) is 0 Å². The number of fused-ring (bicyclic) bond motifs is 1. The molecule has 0 spiro atoms. The molecule has 126 valence electrons. The number of hydrogen-bond donors (Lipinski definition) is 1. The maximum Gasteiger partial charge on any atom is 0.311 e. The number of carboxylic acids is 1. The highest BCUT2D eigenvalue weighted by Gasteiger charge is 2.54. The quantitative estimate of drug-likeness (QED) is 0.878. The molecule has 3 atom stereocenters. The minimum absolute atomic E-state index is 0.131. The summed E-state index contributed by atoms with van der Waals surface area (Å²) in [6.45, 7) is 4.75. The standard InChI is InChI=1S/C15H22N4O3S/c20-13(21)15-3-1-4-18(12-2-5-22-8-12)6-11(15)7-19(9-15)14-17-16-10-23-14/h10-12H,1-9H2,(H,20,21)/t11-,12+,15-/m0/s1. The number of nitrogens with zero attached hydrogens (tertiary/aromatic N) is 4. The van der Waals surface area contributed by atoms with Crippen molar-refractivity contribution in [2.45, 2.75) is 25.3 Å². The zero-order valence-electron chi connectivity index (χ0n) is 13.1. The molecule has 8 heteroatoms. The van der Waals surface area contributed by atoms with Crippen LogP contribution >= 0.6 is 11.3 Å². The van der Waals surface area contributed by atoms with Gasteiger partial charge in [0.2, 0.25) is 5.13 Å². The van der Waals surface area contributed by atoms with Gasteiger partial charge in [-0.1, -0.05) is 11.3 Å². The van der Waals surface area contributed by atoms with E-state index in [1.165, 1.54) is 11.3 Å². The maximum atomic E-state index is 12.2. The molecule has 0 radical (unpaired) electrons. The number of carbonyl (C=O) groups is 1. The summed E-state index contributed by atoms with van der Waals surface area (Å²) in [5.74, 6) is -0.522. The number of likely N-dealkylation sites (tertiary alicyclic amines) is 1. The molecule has 1 N–H and O–H groups in total. The van der Waals surface area contributed by atoms with Gasteiger partial charge in [0.05, 0.1) is 12.0 Å². The summed E-state index contributed by atoms with van der Waals surface area (Å²) in [6.07, 6.45) is 2.74. The molecule has 3 saturated heterocycles. The van der Waals surface area contributed by atoms with Gasteiger partial charge in [-0.05, 0) is 25.8 Å². The molecular weight excluding hydrogens is 316 g/mol. The molecule has 1 aromatic rings. The van der Waals surface area contributed by atoms with Gasteiger partial charge in [0.25, 0.3) is 0 Å². The van der Waals surface area contributed by atoms with Crippen molar-refractivity contribution in [3.05, 3.63) is 5.51 Å². The third kappa shape index (κ3) is 2.62. The number of anilines is 1. The van der Waals surface area contributed by atoms with Crippen LogP contribution in [0.5, 0.6) is 0 Å². The molecule has 4 heterocycles. The first-order chi connectivity index (χ1) is 11.2. The molecule has 0 unspecified atom stereocenters. The Morgan fingerprint density at radius 3 is 3.09 bits per heavy atom. The van der Waals surface area contributed by atoms with E-state index in [9.17, 15) is 9.90 Å². The lowest BCUT2D eigenvalue weighted by Crippen LogP contribution is -2.44. The summed E-state index contributed by atoms with van der Waals surface area (Å²) >= 11 is 1.48. The predicted octanol–water partition coefficient (Wildman–Crippen LogP) is 0.930. The van der Waals surface area contributed by atoms with E-state index in [0.29, 0.717) is 12.6 Å². The van der Waals surface area contributed by atoms with Gasteiger partial charge in [0.1, 0.15) is 5.51 Å². The smallest absolute Gasteiger partial charge is 0.311 e. The zero-order valence-corrected chi connectivity index (χ0v) is 13.9. The van der Waals surface area contributed by atoms with Gasteiger partial charge in [-0.25, -0.2) is 0 Å². The highest BCUT2D eigenvalue weighted by molar-refractivity contribution is 7.13. The van der Waals surface area contributed by atoms with Crippen molar-refractivity contribution in [2.24, 2.45) is 11.3 Å². The fraction of sp³-hybridized carbons (Fsp3) is 0.800. The van der Waals surface area contributed by atoms with Crippen LogP contribution in [0.25, 0.3) is 0 Å². The molecule has 0 aromatic carbocycles. The number of ether oxygens (including phenoxy) is 1. The Morgan fingerprint density at radius 1 is 1.48 bits per heavy atom. The highest BCUT2D eigenvalue weighted by Crippen LogP contribution is 2.45. The molecule has 3 aliphatic heterocycles. The van der Waals surface area contributed by atoms with Gasteiger partial charge in [0, 0.05) is 38.2 Å². The predicted molar refractivity (Wildman–Crippen MR) is 85.7 cm³/mol. The van der Waals surface area contributed by atoms with Crippen molar-refractivity contribution >= 4 is 22.4 Å². The fourth-order valence-electron chi connectivity index (χ4n) is 4.40. The number of carboxylic acid groups (broad SMARTS) is 1. The van der Waals surface area contributed by atoms with Gasteiger partial charge in [-0.2, -0.15) is 0 Å². The average Bonchev–Trinajstić information content (AvgIpc) is 3.26. The number of aromatic nitrogens is 2. The SMILES string of the molecule is O=C(O)[C@]12CCCN([C@@H]3CCOC3)C[C@H]1CN(c1nncs1)C2. The van der Waals surface area contributed by atoms with Crippen molar-refractivity contribution in [2.75, 3.05) is 44.3 Å². The van der Waals surface area contributed by atoms with E-state index in [2.05, 4.69) is 20.0 Å². The van der Waals surface area contributed by atoms with E-state index < -0.39 is 11.4 Å². The van der Waals surface area contributed by atoms with Gasteiger partial charge >= 0.3 is 5.97 Å². The van der Waals surface area contributed by atoms with Gasteiger partial charge < -0.3 is 14.7 Å². The topological polar surface area (TPSA) is 78.8 Å². The monoisotopic (exact) mass is 338 g/mol. The lowest BCUT2D eigenvalue weighted by molar-refractivity contribution is -0.150. The summed E-state index contributed by atoms with van der Waals surface area (Å²) in [4.78, 5) is 16.7. The highest BCUT2D eigenvalue weighted by atomic mass is 32.1. The summed E-state index contributed by atoms with van der Waals surface area (Å²) in [5.41, 5.74) is 1.05. The molecule has 0 saturated carbocycles. The minimum atomic E-state index is -0.654. The number of rotatable bonds is 3. The van der Waals surface area contributed by atoms with E-state index in [4.69, 9.17) is 4.74 Å². The summed E-state index contributed by atoms with van der Waals surface area (Å²) in [5, 5.41) is 18.9. The van der Waals surface area contributed by atoms with Crippen LogP contribution in [0, 0.1) is 11.3 Å². The molecule has 0 aliphatic carbocycles. The summed E-state index contributed by atoms with van der Waals surface area (Å²) in [7, 11) is 0. The van der Waals surface area contributed by atoms with Crippen LogP contribution in [0.15, 0.2) is 5.51 Å². The third-order valence-electron chi connectivity index (χ3n) is 5.69. The second kappa shape index (κ2) is 5.99. The first-order valence-electron chi connectivity index (χ1n) is 8.25. The Bertz CT molecular complexity index is 563. The van der Waals surface area contributed by atoms with E-state index in [0.717, 1.165) is 57.2 Å². The minimum Gasteiger partial charge on any atom is -0.481 e. The molecule has 1 aromatic heterocycles. The fourth-order valence-corrected chi connectivity index (χ4v) is 4.98. The second-order valence-electron chi connectivity index (χ2n) is 6.88. The van der Waals surface area contributed by atoms with Crippen molar-refractivity contribution in [3.63, 3.8) is 0 Å². The van der Waals surface area contributed by atoms with Crippen LogP contribution < -0.4 is 4.90 Å². The van der Waals surface area contributed by atoms with Crippen LogP contribution in [0.2, 0.25) is 0 Å². The molecule has 0 bridgehead atoms. The van der Waals surface area contributed by atoms with Gasteiger partial charge in [-0.15, -0.1) is 10.2 Å². The van der Waals surface area contributed by atoms with Crippen molar-refractivity contribution < 1.29 is 14.6 Å². The third-order valence-corrected chi connectivity index (χ3v) is 6.44. The van der Waals surface area contributed by atoms with Crippen LogP contribution in [-0.2, 0) is 9.53 Å². The summed E-state index contributed by atoms with van der Waals surface area (Å²) in [6, 6.07) is 0.454. The molecule has 0 amide bonds. The number of aliphatic carboxylic acids is 1. The lowest BCUT2D eigenvalue weighted by atomic mass is 9.75. The van der Waals surface area contributed by atoms with E-state index in [-0.39, 0.29) is 5.92 Å². The molecule has 4 rings (SSSR count). The Labute approximate surface area is 139 Å². The van der Waals surface area contributed by atoms with Gasteiger partial charge in [-0.3, -0.25) is 9.69 Å². The van der Waals surface area contributed by atoms with E-state index in [1.807, 2.05) is 0 Å². The normalized spacial score (nSPS) is 35.2. The van der Waals surface area contributed by atoms with Gasteiger partial charge in [0.15, 0.2) is 0 Å². The lowest BCUT2D eigenvalue weighted by Gasteiger charge is -2.31. The van der Waals surface area contributed by atoms with E-state index >= 15 is 0 Å². The Balaban J connectivity index is 1.58.